The van der Waals surface area contributed by atoms with Crippen LogP contribution in [0.3, 0.4) is 0 Å². The van der Waals surface area contributed by atoms with Gasteiger partial charge in [-0.2, -0.15) is 8.42 Å². The molecule has 0 aromatic heterocycles. The van der Waals surface area contributed by atoms with Gasteiger partial charge in [0.05, 0.1) is 63.7 Å². The molecule has 256 valence electrons. The Labute approximate surface area is 272 Å². The number of methoxy groups -OCH3 is 2. The second-order valence-corrected chi connectivity index (χ2v) is 13.5. The first-order valence-electron chi connectivity index (χ1n) is 15.7. The molecule has 2 aromatic carbocycles. The summed E-state index contributed by atoms with van der Waals surface area (Å²) < 4.78 is 57.1. The van der Waals surface area contributed by atoms with Crippen LogP contribution in [0, 0.1) is 0 Å². The van der Waals surface area contributed by atoms with E-state index < -0.39 is 34.5 Å². The third kappa shape index (κ3) is 10.5. The first-order valence-corrected chi connectivity index (χ1v) is 17.5. The Hall–Kier alpha value is -2.94. The van der Waals surface area contributed by atoms with Gasteiger partial charge >= 0.3 is 6.09 Å². The number of hydrogen-bond acceptors (Lipinski definition) is 10. The van der Waals surface area contributed by atoms with Crippen LogP contribution in [-0.4, -0.2) is 109 Å². The van der Waals surface area contributed by atoms with E-state index in [-0.39, 0.29) is 25.5 Å². The summed E-state index contributed by atoms with van der Waals surface area (Å²) in [6.45, 7) is 6.48. The molecule has 13 heteroatoms. The minimum Gasteiger partial charge on any atom is -0.490 e. The predicted octanol–water partition coefficient (Wildman–Crippen LogP) is 4.26. The van der Waals surface area contributed by atoms with Crippen LogP contribution < -0.4 is 9.64 Å². The van der Waals surface area contributed by atoms with Gasteiger partial charge in [-0.15, -0.1) is 0 Å². The lowest BCUT2D eigenvalue weighted by atomic mass is 9.81. The van der Waals surface area contributed by atoms with Gasteiger partial charge in [0.1, 0.15) is 12.4 Å². The lowest BCUT2D eigenvalue weighted by Gasteiger charge is -2.43. The number of benzene rings is 2. The zero-order valence-electron chi connectivity index (χ0n) is 27.3. The van der Waals surface area contributed by atoms with Crippen molar-refractivity contribution in [3.63, 3.8) is 0 Å². The predicted molar refractivity (Wildman–Crippen MR) is 173 cm³/mol. The second kappa shape index (κ2) is 17.3. The minimum absolute atomic E-state index is 0.134. The van der Waals surface area contributed by atoms with Crippen LogP contribution in [0.25, 0.3) is 0 Å². The zero-order valence-corrected chi connectivity index (χ0v) is 28.1. The summed E-state index contributed by atoms with van der Waals surface area (Å²) in [5.74, 6) is 0.695. The van der Waals surface area contributed by atoms with Crippen molar-refractivity contribution in [2.45, 2.75) is 63.6 Å². The summed E-state index contributed by atoms with van der Waals surface area (Å²) in [6, 6.07) is 13.7. The lowest BCUT2D eigenvalue weighted by Crippen LogP contribution is -2.53. The van der Waals surface area contributed by atoms with Gasteiger partial charge in [-0.25, -0.2) is 4.79 Å². The number of likely N-dealkylation sites (tertiary alicyclic amines) is 1. The summed E-state index contributed by atoms with van der Waals surface area (Å²) >= 11 is 0. The fourth-order valence-corrected chi connectivity index (χ4v) is 6.85. The summed E-state index contributed by atoms with van der Waals surface area (Å²) in [7, 11) is -0.358. The van der Waals surface area contributed by atoms with Crippen LogP contribution in [0.2, 0.25) is 0 Å². The van der Waals surface area contributed by atoms with Crippen LogP contribution in [-0.2, 0) is 46.5 Å². The van der Waals surface area contributed by atoms with Crippen molar-refractivity contribution in [2.75, 3.05) is 71.4 Å². The SMILES string of the molecule is COCCCN1CCOc2ccc(CO[C@H]3CN(C(=O)O)[C@@H](C[C@H](C)OS(C)(=O)=O)C[C@@H]3c3ccc(COCCOC)cc3)cc21. The number of piperidine rings is 1. The van der Waals surface area contributed by atoms with Crippen LogP contribution in [0.1, 0.15) is 48.8 Å². The maximum Gasteiger partial charge on any atom is 0.407 e. The molecule has 2 heterocycles. The van der Waals surface area contributed by atoms with Crippen molar-refractivity contribution in [1.29, 1.82) is 0 Å². The molecule has 2 aliphatic rings. The maximum absolute atomic E-state index is 12.5. The summed E-state index contributed by atoms with van der Waals surface area (Å²) in [4.78, 5) is 16.1. The number of amides is 1. The zero-order chi connectivity index (χ0) is 33.1. The van der Waals surface area contributed by atoms with Gasteiger partial charge in [-0.3, -0.25) is 4.18 Å². The quantitative estimate of drug-likeness (QED) is 0.192. The largest absolute Gasteiger partial charge is 0.490 e. The summed E-state index contributed by atoms with van der Waals surface area (Å²) in [5, 5.41) is 10.2. The van der Waals surface area contributed by atoms with Gasteiger partial charge in [0.15, 0.2) is 0 Å². The number of hydrogen-bond donors (Lipinski definition) is 1. The molecule has 4 rings (SSSR count). The number of carbonyl (C=O) groups is 1. The van der Waals surface area contributed by atoms with E-state index >= 15 is 0 Å². The van der Waals surface area contributed by atoms with Crippen LogP contribution in [0.4, 0.5) is 10.5 Å². The van der Waals surface area contributed by atoms with E-state index in [1.54, 1.807) is 21.1 Å². The summed E-state index contributed by atoms with van der Waals surface area (Å²) in [6.07, 6.45) is 0.381. The van der Waals surface area contributed by atoms with Gasteiger partial charge in [-0.05, 0) is 55.0 Å². The highest BCUT2D eigenvalue weighted by atomic mass is 32.2. The molecule has 0 unspecified atom stereocenters. The lowest BCUT2D eigenvalue weighted by molar-refractivity contribution is -0.0413. The molecule has 0 bridgehead atoms. The second-order valence-electron chi connectivity index (χ2n) is 11.9. The van der Waals surface area contributed by atoms with E-state index in [9.17, 15) is 18.3 Å². The van der Waals surface area contributed by atoms with Gasteiger partial charge in [0.25, 0.3) is 10.1 Å². The van der Waals surface area contributed by atoms with E-state index in [4.69, 9.17) is 27.9 Å². The van der Waals surface area contributed by atoms with Gasteiger partial charge < -0.3 is 38.6 Å². The van der Waals surface area contributed by atoms with E-state index in [2.05, 4.69) is 11.0 Å². The highest BCUT2D eigenvalue weighted by molar-refractivity contribution is 7.86. The molecule has 1 N–H and O–H groups in total. The monoisotopic (exact) mass is 664 g/mol. The average Bonchev–Trinajstić information content (AvgIpc) is 3.02. The maximum atomic E-state index is 12.5. The van der Waals surface area contributed by atoms with Gasteiger partial charge in [-0.1, -0.05) is 30.3 Å². The third-order valence-corrected chi connectivity index (χ3v) is 8.99. The Kier molecular flexibility index (Phi) is 13.5. The molecular formula is C33H48N2O10S. The molecule has 0 spiro atoms. The molecule has 1 fully saturated rings. The average molecular weight is 665 g/mol. The molecule has 2 aliphatic heterocycles. The molecule has 4 atom stereocenters. The van der Waals surface area contributed by atoms with Crippen molar-refractivity contribution < 1.29 is 46.2 Å². The number of nitrogens with zero attached hydrogens (tertiary/aromatic N) is 2. The molecule has 0 aliphatic carbocycles. The van der Waals surface area contributed by atoms with Gasteiger partial charge in [0, 0.05) is 39.3 Å². The molecule has 0 radical (unpaired) electrons. The van der Waals surface area contributed by atoms with E-state index in [0.717, 1.165) is 53.9 Å². The standard InChI is InChI=1S/C33H48N2O10S/c1-24(45-46(4,38)39)18-28-20-29(27-9-6-25(7-10-27)22-42-17-16-41-3)32(21-35(28)33(36)37)44-23-26-8-11-31-30(19-26)34(13-15-43-31)12-5-14-40-2/h6-11,19,24,28-29,32H,5,12-18,20-23H2,1-4H3,(H,36,37)/t24-,28-,29+,32-/m0/s1. The van der Waals surface area contributed by atoms with E-state index in [1.165, 1.54) is 4.90 Å². The fourth-order valence-electron chi connectivity index (χ4n) is 6.18. The highest BCUT2D eigenvalue weighted by Crippen LogP contribution is 2.38. The topological polar surface area (TPSA) is 133 Å². The van der Waals surface area contributed by atoms with Crippen LogP contribution >= 0.6 is 0 Å². The number of rotatable bonds is 17. The first kappa shape index (κ1) is 35.9. The highest BCUT2D eigenvalue weighted by Gasteiger charge is 2.40. The van der Waals surface area contributed by atoms with Crippen molar-refractivity contribution >= 4 is 21.9 Å². The smallest absolute Gasteiger partial charge is 0.407 e. The molecule has 2 aromatic rings. The number of ether oxygens (including phenoxy) is 5. The van der Waals surface area contributed by atoms with E-state index in [1.807, 2.05) is 36.4 Å². The van der Waals surface area contributed by atoms with Crippen molar-refractivity contribution in [1.82, 2.24) is 4.90 Å². The van der Waals surface area contributed by atoms with Crippen LogP contribution in [0.5, 0.6) is 5.75 Å². The Morgan fingerprint density at radius 2 is 1.78 bits per heavy atom. The van der Waals surface area contributed by atoms with E-state index in [0.29, 0.717) is 39.5 Å². The molecule has 1 saturated heterocycles. The molecule has 0 saturated carbocycles. The van der Waals surface area contributed by atoms with Crippen molar-refractivity contribution in [3.8, 4) is 5.75 Å². The Morgan fingerprint density at radius 1 is 1.04 bits per heavy atom. The number of carboxylic acid groups (broad SMARTS) is 1. The summed E-state index contributed by atoms with van der Waals surface area (Å²) in [5.41, 5.74) is 4.00. The molecular weight excluding hydrogens is 616 g/mol. The normalized spacial score (nSPS) is 20.7. The minimum atomic E-state index is -3.69. The fraction of sp³-hybridized carbons (Fsp3) is 0.606. The molecule has 1 amide bonds. The Balaban J connectivity index is 1.53. The van der Waals surface area contributed by atoms with Crippen molar-refractivity contribution in [2.24, 2.45) is 0 Å². The van der Waals surface area contributed by atoms with Crippen LogP contribution in [0.15, 0.2) is 42.5 Å². The first-order chi connectivity index (χ1) is 22.1. The number of fused-ring (bicyclic) bond motifs is 1. The molecule has 12 nitrogen and oxygen atoms in total. The van der Waals surface area contributed by atoms with Gasteiger partial charge in [0.2, 0.25) is 0 Å². The Bertz CT molecular complexity index is 1360. The Morgan fingerprint density at radius 3 is 2.48 bits per heavy atom. The third-order valence-electron chi connectivity index (χ3n) is 8.31. The number of anilines is 1. The van der Waals surface area contributed by atoms with Crippen molar-refractivity contribution in [3.05, 3.63) is 59.2 Å². The molecule has 46 heavy (non-hydrogen) atoms.